The van der Waals surface area contributed by atoms with Gasteiger partial charge in [0.05, 0.1) is 6.61 Å². The quantitative estimate of drug-likeness (QED) is 0.832. The molecule has 2 saturated heterocycles. The van der Waals surface area contributed by atoms with Gasteiger partial charge in [-0.3, -0.25) is 0 Å². The van der Waals surface area contributed by atoms with E-state index < -0.39 is 0 Å². The van der Waals surface area contributed by atoms with Crippen LogP contribution in [0.15, 0.2) is 18.5 Å². The zero-order valence-electron chi connectivity index (χ0n) is 12.3. The van der Waals surface area contributed by atoms with E-state index in [0.717, 1.165) is 32.2 Å². The number of hydrogen-bond acceptors (Lipinski definition) is 5. The minimum absolute atomic E-state index is 0.436. The third-order valence-electron chi connectivity index (χ3n) is 4.63. The van der Waals surface area contributed by atoms with Crippen LogP contribution in [-0.4, -0.2) is 61.3 Å². The highest BCUT2D eigenvalue weighted by molar-refractivity contribution is 5.32. The van der Waals surface area contributed by atoms with E-state index in [4.69, 9.17) is 4.74 Å². The Kier molecular flexibility index (Phi) is 4.17. The molecule has 0 radical (unpaired) electrons. The summed E-state index contributed by atoms with van der Waals surface area (Å²) in [4.78, 5) is 13.7. The molecule has 0 aliphatic carbocycles. The van der Waals surface area contributed by atoms with Gasteiger partial charge in [0.1, 0.15) is 0 Å². The van der Waals surface area contributed by atoms with Gasteiger partial charge in [0.25, 0.3) is 0 Å². The molecule has 1 aromatic heterocycles. The van der Waals surface area contributed by atoms with Crippen LogP contribution in [0.1, 0.15) is 19.3 Å². The zero-order valence-corrected chi connectivity index (χ0v) is 12.3. The number of methoxy groups -OCH3 is 1. The van der Waals surface area contributed by atoms with Crippen molar-refractivity contribution in [3.63, 3.8) is 0 Å². The fourth-order valence-corrected chi connectivity index (χ4v) is 3.61. The molecule has 20 heavy (non-hydrogen) atoms. The highest BCUT2D eigenvalue weighted by Gasteiger charge is 2.41. The molecule has 5 heteroatoms. The highest BCUT2D eigenvalue weighted by atomic mass is 16.5. The third kappa shape index (κ3) is 2.94. The Balaban J connectivity index is 1.63. The van der Waals surface area contributed by atoms with Crippen molar-refractivity contribution in [1.82, 2.24) is 14.9 Å². The molecule has 1 atom stereocenters. The van der Waals surface area contributed by atoms with Gasteiger partial charge in [-0.05, 0) is 31.9 Å². The van der Waals surface area contributed by atoms with E-state index in [1.165, 1.54) is 32.4 Å². The SMILES string of the molecule is COCCN1CCC[C@@]2(CCN(c3ncccn3)C2)C1. The van der Waals surface area contributed by atoms with Crippen molar-refractivity contribution >= 4 is 5.95 Å². The van der Waals surface area contributed by atoms with Crippen molar-refractivity contribution in [3.05, 3.63) is 18.5 Å². The molecule has 2 fully saturated rings. The second-order valence-electron chi connectivity index (χ2n) is 6.09. The van der Waals surface area contributed by atoms with Crippen LogP contribution in [0.5, 0.6) is 0 Å². The molecular formula is C15H24N4O. The van der Waals surface area contributed by atoms with Crippen LogP contribution in [0.2, 0.25) is 0 Å². The minimum Gasteiger partial charge on any atom is -0.383 e. The van der Waals surface area contributed by atoms with E-state index in [1.807, 2.05) is 18.5 Å². The van der Waals surface area contributed by atoms with E-state index in [9.17, 15) is 0 Å². The molecular weight excluding hydrogens is 252 g/mol. The summed E-state index contributed by atoms with van der Waals surface area (Å²) in [7, 11) is 1.78. The van der Waals surface area contributed by atoms with E-state index in [-0.39, 0.29) is 0 Å². The lowest BCUT2D eigenvalue weighted by Crippen LogP contribution is -2.45. The molecule has 3 heterocycles. The topological polar surface area (TPSA) is 41.5 Å². The summed E-state index contributed by atoms with van der Waals surface area (Å²) in [6, 6.07) is 1.88. The van der Waals surface area contributed by atoms with E-state index in [1.54, 1.807) is 7.11 Å². The van der Waals surface area contributed by atoms with Crippen LogP contribution in [0.25, 0.3) is 0 Å². The Morgan fingerprint density at radius 3 is 2.85 bits per heavy atom. The maximum Gasteiger partial charge on any atom is 0.225 e. The number of ether oxygens (including phenoxy) is 1. The van der Waals surface area contributed by atoms with Gasteiger partial charge in [-0.15, -0.1) is 0 Å². The van der Waals surface area contributed by atoms with Crippen molar-refractivity contribution in [1.29, 1.82) is 0 Å². The molecule has 3 rings (SSSR count). The van der Waals surface area contributed by atoms with Crippen LogP contribution < -0.4 is 4.90 Å². The second-order valence-corrected chi connectivity index (χ2v) is 6.09. The van der Waals surface area contributed by atoms with Crippen molar-refractivity contribution in [2.75, 3.05) is 51.3 Å². The molecule has 0 aromatic carbocycles. The van der Waals surface area contributed by atoms with Gasteiger partial charge in [-0.1, -0.05) is 0 Å². The summed E-state index contributed by atoms with van der Waals surface area (Å²) in [6.45, 7) is 6.48. The molecule has 5 nitrogen and oxygen atoms in total. The lowest BCUT2D eigenvalue weighted by Gasteiger charge is -2.40. The number of anilines is 1. The Morgan fingerprint density at radius 1 is 1.20 bits per heavy atom. The standard InChI is InChI=1S/C15H24N4O/c1-20-11-10-18-8-2-4-15(12-18)5-9-19(13-15)14-16-6-3-7-17-14/h3,6-7H,2,4-5,8-13H2,1H3/t15-/m1/s1. The third-order valence-corrected chi connectivity index (χ3v) is 4.63. The fourth-order valence-electron chi connectivity index (χ4n) is 3.61. The van der Waals surface area contributed by atoms with Crippen LogP contribution in [0.4, 0.5) is 5.95 Å². The molecule has 0 unspecified atom stereocenters. The normalized spacial score (nSPS) is 27.4. The number of rotatable bonds is 4. The summed E-state index contributed by atoms with van der Waals surface area (Å²) in [6.07, 6.45) is 7.56. The van der Waals surface area contributed by atoms with E-state index in [0.29, 0.717) is 5.41 Å². The number of likely N-dealkylation sites (tertiary alicyclic amines) is 1. The maximum atomic E-state index is 5.21. The zero-order chi connectivity index (χ0) is 13.8. The molecule has 1 aromatic rings. The number of nitrogens with zero attached hydrogens (tertiary/aromatic N) is 4. The predicted octanol–water partition coefficient (Wildman–Crippen LogP) is 1.42. The summed E-state index contributed by atoms with van der Waals surface area (Å²) in [5.41, 5.74) is 0.436. The lowest BCUT2D eigenvalue weighted by molar-refractivity contribution is 0.0755. The largest absolute Gasteiger partial charge is 0.383 e. The van der Waals surface area contributed by atoms with Gasteiger partial charge in [0.2, 0.25) is 5.95 Å². The van der Waals surface area contributed by atoms with Crippen molar-refractivity contribution in [3.8, 4) is 0 Å². The van der Waals surface area contributed by atoms with Crippen molar-refractivity contribution < 1.29 is 4.74 Å². The Bertz CT molecular complexity index is 427. The van der Waals surface area contributed by atoms with Crippen molar-refractivity contribution in [2.45, 2.75) is 19.3 Å². The molecule has 0 amide bonds. The smallest absolute Gasteiger partial charge is 0.225 e. The molecule has 2 aliphatic heterocycles. The van der Waals surface area contributed by atoms with Gasteiger partial charge >= 0.3 is 0 Å². The van der Waals surface area contributed by atoms with Gasteiger partial charge in [0, 0.05) is 51.1 Å². The first-order chi connectivity index (χ1) is 9.81. The number of piperidine rings is 1. The molecule has 0 saturated carbocycles. The summed E-state index contributed by atoms with van der Waals surface area (Å²) < 4.78 is 5.21. The lowest BCUT2D eigenvalue weighted by atomic mass is 9.79. The fraction of sp³-hybridized carbons (Fsp3) is 0.733. The van der Waals surface area contributed by atoms with Gasteiger partial charge in [-0.2, -0.15) is 0 Å². The Labute approximate surface area is 121 Å². The molecule has 2 aliphatic rings. The minimum atomic E-state index is 0.436. The van der Waals surface area contributed by atoms with Crippen LogP contribution in [0, 0.1) is 5.41 Å². The summed E-state index contributed by atoms with van der Waals surface area (Å²) in [5, 5.41) is 0. The highest BCUT2D eigenvalue weighted by Crippen LogP contribution is 2.39. The van der Waals surface area contributed by atoms with Gasteiger partial charge in [0.15, 0.2) is 0 Å². The first-order valence-corrected chi connectivity index (χ1v) is 7.55. The second kappa shape index (κ2) is 6.06. The van der Waals surface area contributed by atoms with Crippen LogP contribution in [-0.2, 0) is 4.74 Å². The predicted molar refractivity (Wildman–Crippen MR) is 78.8 cm³/mol. The summed E-state index contributed by atoms with van der Waals surface area (Å²) >= 11 is 0. The molecule has 110 valence electrons. The van der Waals surface area contributed by atoms with Gasteiger partial charge in [-0.25, -0.2) is 9.97 Å². The van der Waals surface area contributed by atoms with Crippen molar-refractivity contribution in [2.24, 2.45) is 5.41 Å². The maximum absolute atomic E-state index is 5.21. The molecule has 0 N–H and O–H groups in total. The first kappa shape index (κ1) is 13.8. The van der Waals surface area contributed by atoms with E-state index >= 15 is 0 Å². The van der Waals surface area contributed by atoms with E-state index in [2.05, 4.69) is 19.8 Å². The average Bonchev–Trinajstić information content (AvgIpc) is 2.90. The van der Waals surface area contributed by atoms with Crippen LogP contribution in [0.3, 0.4) is 0 Å². The monoisotopic (exact) mass is 276 g/mol. The first-order valence-electron chi connectivity index (χ1n) is 7.55. The van der Waals surface area contributed by atoms with Crippen LogP contribution >= 0.6 is 0 Å². The molecule has 1 spiro atoms. The number of aromatic nitrogens is 2. The van der Waals surface area contributed by atoms with Gasteiger partial charge < -0.3 is 14.5 Å². The molecule has 0 bridgehead atoms. The Morgan fingerprint density at radius 2 is 2.05 bits per heavy atom. The average molecular weight is 276 g/mol. The number of hydrogen-bond donors (Lipinski definition) is 0. The summed E-state index contributed by atoms with van der Waals surface area (Å²) in [5.74, 6) is 0.887. The Hall–Kier alpha value is -1.20.